The summed E-state index contributed by atoms with van der Waals surface area (Å²) in [6.45, 7) is 6.23. The minimum absolute atomic E-state index is 0.172. The Bertz CT molecular complexity index is 1130. The Labute approximate surface area is 162 Å². The molecule has 0 atom stereocenters. The molecule has 1 amide bonds. The van der Waals surface area contributed by atoms with Crippen molar-refractivity contribution in [1.82, 2.24) is 25.2 Å². The zero-order valence-corrected chi connectivity index (χ0v) is 16.0. The van der Waals surface area contributed by atoms with Gasteiger partial charge in [0.15, 0.2) is 0 Å². The van der Waals surface area contributed by atoms with Gasteiger partial charge in [-0.25, -0.2) is 9.67 Å². The number of rotatable bonds is 5. The number of nitrogens with zero attached hydrogens (tertiary/aromatic N) is 4. The first-order chi connectivity index (χ1) is 13.5. The number of amides is 1. The number of fused-ring (bicyclic) bond motifs is 1. The van der Waals surface area contributed by atoms with Crippen molar-refractivity contribution in [2.75, 3.05) is 0 Å². The molecule has 0 bridgehead atoms. The Hall–Kier alpha value is -3.48. The number of nitrogens with one attached hydrogen (secondary N) is 1. The number of hydrogen-bond donors (Lipinski definition) is 1. The van der Waals surface area contributed by atoms with E-state index in [9.17, 15) is 4.79 Å². The van der Waals surface area contributed by atoms with Crippen molar-refractivity contribution in [3.63, 3.8) is 0 Å². The van der Waals surface area contributed by atoms with Crippen molar-refractivity contribution in [3.05, 3.63) is 71.3 Å². The van der Waals surface area contributed by atoms with Gasteiger partial charge in [0.2, 0.25) is 0 Å². The summed E-state index contributed by atoms with van der Waals surface area (Å²) in [7, 11) is 0. The Balaban J connectivity index is 1.56. The number of carbonyl (C=O) groups is 1. The molecule has 1 aromatic carbocycles. The molecule has 1 N–H and O–H groups in total. The molecule has 0 aliphatic heterocycles. The molecule has 3 aromatic heterocycles. The highest BCUT2D eigenvalue weighted by molar-refractivity contribution is 6.06. The number of para-hydroxylation sites is 1. The van der Waals surface area contributed by atoms with Crippen LogP contribution < -0.4 is 5.32 Å². The van der Waals surface area contributed by atoms with Crippen molar-refractivity contribution in [1.29, 1.82) is 0 Å². The third kappa shape index (κ3) is 3.38. The van der Waals surface area contributed by atoms with Crippen molar-refractivity contribution in [2.24, 2.45) is 0 Å². The Morgan fingerprint density at radius 3 is 2.79 bits per heavy atom. The summed E-state index contributed by atoms with van der Waals surface area (Å²) in [6.07, 6.45) is 3.65. The minimum atomic E-state index is -0.187. The third-order valence-corrected chi connectivity index (χ3v) is 4.58. The van der Waals surface area contributed by atoms with Crippen LogP contribution in [-0.2, 0) is 6.54 Å². The molecule has 142 valence electrons. The molecule has 28 heavy (non-hydrogen) atoms. The first-order valence-corrected chi connectivity index (χ1v) is 9.17. The molecule has 3 heterocycles. The SMILES string of the molecule is Cc1noc2nc(C(C)C)cc(C(=O)NCc3cnn(-c4ccccc4)c3)c12. The third-order valence-electron chi connectivity index (χ3n) is 4.58. The molecule has 7 nitrogen and oxygen atoms in total. The number of hydrogen-bond acceptors (Lipinski definition) is 5. The number of aromatic nitrogens is 4. The van der Waals surface area contributed by atoms with E-state index in [2.05, 4.69) is 20.6 Å². The van der Waals surface area contributed by atoms with E-state index in [-0.39, 0.29) is 11.8 Å². The van der Waals surface area contributed by atoms with Gasteiger partial charge in [0, 0.05) is 24.0 Å². The van der Waals surface area contributed by atoms with E-state index < -0.39 is 0 Å². The van der Waals surface area contributed by atoms with Crippen LogP contribution in [0.3, 0.4) is 0 Å². The summed E-state index contributed by atoms with van der Waals surface area (Å²) in [5.74, 6) is -0.0153. The molecule has 0 aliphatic carbocycles. The smallest absolute Gasteiger partial charge is 0.259 e. The van der Waals surface area contributed by atoms with Gasteiger partial charge in [-0.15, -0.1) is 0 Å². The minimum Gasteiger partial charge on any atom is -0.348 e. The molecule has 0 saturated carbocycles. The number of pyridine rings is 1. The highest BCUT2D eigenvalue weighted by Crippen LogP contribution is 2.25. The molecule has 0 aliphatic rings. The van der Waals surface area contributed by atoms with Crippen molar-refractivity contribution in [3.8, 4) is 5.69 Å². The predicted molar refractivity (Wildman–Crippen MR) is 105 cm³/mol. The van der Waals surface area contributed by atoms with Gasteiger partial charge in [0.1, 0.15) is 0 Å². The van der Waals surface area contributed by atoms with Crippen LogP contribution >= 0.6 is 0 Å². The summed E-state index contributed by atoms with van der Waals surface area (Å²) in [4.78, 5) is 17.4. The van der Waals surface area contributed by atoms with Crippen LogP contribution in [0, 0.1) is 6.92 Å². The average molecular weight is 375 g/mol. The molecule has 7 heteroatoms. The van der Waals surface area contributed by atoms with Gasteiger partial charge in [-0.2, -0.15) is 5.10 Å². The monoisotopic (exact) mass is 375 g/mol. The summed E-state index contributed by atoms with van der Waals surface area (Å²) >= 11 is 0. The second-order valence-corrected chi connectivity index (χ2v) is 7.01. The maximum atomic E-state index is 12.9. The lowest BCUT2D eigenvalue weighted by Crippen LogP contribution is -2.23. The van der Waals surface area contributed by atoms with Crippen molar-refractivity contribution in [2.45, 2.75) is 33.2 Å². The second-order valence-electron chi connectivity index (χ2n) is 7.01. The van der Waals surface area contributed by atoms with Crippen LogP contribution in [0.5, 0.6) is 0 Å². The molecular weight excluding hydrogens is 354 g/mol. The Kier molecular flexibility index (Phi) is 4.65. The van der Waals surface area contributed by atoms with E-state index in [1.165, 1.54) is 0 Å². The lowest BCUT2D eigenvalue weighted by Gasteiger charge is -2.09. The average Bonchev–Trinajstić information content (AvgIpc) is 3.33. The van der Waals surface area contributed by atoms with Gasteiger partial charge in [0.05, 0.1) is 28.5 Å². The number of aryl methyl sites for hydroxylation is 1. The maximum Gasteiger partial charge on any atom is 0.259 e. The van der Waals surface area contributed by atoms with Crippen LogP contribution in [0.2, 0.25) is 0 Å². The predicted octanol–water partition coefficient (Wildman–Crippen LogP) is 3.77. The van der Waals surface area contributed by atoms with E-state index in [1.807, 2.05) is 63.4 Å². The molecular formula is C21H21N5O2. The molecule has 0 saturated heterocycles. The molecule has 4 aromatic rings. The van der Waals surface area contributed by atoms with E-state index in [0.717, 1.165) is 16.9 Å². The largest absolute Gasteiger partial charge is 0.348 e. The highest BCUT2D eigenvalue weighted by atomic mass is 16.5. The van der Waals surface area contributed by atoms with E-state index in [4.69, 9.17) is 4.52 Å². The number of carbonyl (C=O) groups excluding carboxylic acids is 1. The fourth-order valence-corrected chi connectivity index (χ4v) is 3.04. The highest BCUT2D eigenvalue weighted by Gasteiger charge is 2.19. The molecule has 4 rings (SSSR count). The van der Waals surface area contributed by atoms with E-state index in [1.54, 1.807) is 10.9 Å². The standard InChI is InChI=1S/C21H21N5O2/c1-13(2)18-9-17(19-14(3)25-28-21(19)24-18)20(27)22-10-15-11-23-26(12-15)16-7-5-4-6-8-16/h4-9,11-13H,10H2,1-3H3,(H,22,27). The van der Waals surface area contributed by atoms with Crippen molar-refractivity contribution < 1.29 is 9.32 Å². The van der Waals surface area contributed by atoms with Gasteiger partial charge < -0.3 is 9.84 Å². The summed E-state index contributed by atoms with van der Waals surface area (Å²) < 4.78 is 7.08. The second kappa shape index (κ2) is 7.26. The Morgan fingerprint density at radius 2 is 2.04 bits per heavy atom. The summed E-state index contributed by atoms with van der Waals surface area (Å²) in [5.41, 5.74) is 4.26. The first kappa shape index (κ1) is 17.9. The first-order valence-electron chi connectivity index (χ1n) is 9.17. The van der Waals surface area contributed by atoms with E-state index >= 15 is 0 Å². The molecule has 0 unspecified atom stereocenters. The summed E-state index contributed by atoms with van der Waals surface area (Å²) in [6, 6.07) is 11.7. The summed E-state index contributed by atoms with van der Waals surface area (Å²) in [5, 5.41) is 11.9. The van der Waals surface area contributed by atoms with Crippen LogP contribution in [0.1, 0.15) is 47.1 Å². The van der Waals surface area contributed by atoms with Gasteiger partial charge in [-0.1, -0.05) is 37.2 Å². The molecule has 0 spiro atoms. The Morgan fingerprint density at radius 1 is 1.25 bits per heavy atom. The lowest BCUT2D eigenvalue weighted by atomic mass is 10.0. The molecule has 0 fully saturated rings. The van der Waals surface area contributed by atoms with Gasteiger partial charge in [-0.3, -0.25) is 4.79 Å². The van der Waals surface area contributed by atoms with E-state index in [0.29, 0.717) is 28.9 Å². The van der Waals surface area contributed by atoms with Crippen LogP contribution in [-0.4, -0.2) is 25.8 Å². The maximum absolute atomic E-state index is 12.9. The molecule has 0 radical (unpaired) electrons. The van der Waals surface area contributed by atoms with Gasteiger partial charge in [0.25, 0.3) is 11.6 Å². The fraction of sp³-hybridized carbons (Fsp3) is 0.238. The van der Waals surface area contributed by atoms with Gasteiger partial charge >= 0.3 is 0 Å². The zero-order valence-electron chi connectivity index (χ0n) is 16.0. The quantitative estimate of drug-likeness (QED) is 0.574. The normalized spacial score (nSPS) is 11.3. The topological polar surface area (TPSA) is 85.8 Å². The zero-order chi connectivity index (χ0) is 19.7. The van der Waals surface area contributed by atoms with Gasteiger partial charge in [-0.05, 0) is 31.0 Å². The van der Waals surface area contributed by atoms with Crippen LogP contribution in [0.15, 0.2) is 53.3 Å². The van der Waals surface area contributed by atoms with Crippen LogP contribution in [0.25, 0.3) is 16.8 Å². The van der Waals surface area contributed by atoms with Crippen LogP contribution in [0.4, 0.5) is 0 Å². The number of benzene rings is 1. The van der Waals surface area contributed by atoms with Crippen molar-refractivity contribution >= 4 is 17.0 Å². The fourth-order valence-electron chi connectivity index (χ4n) is 3.04. The lowest BCUT2D eigenvalue weighted by molar-refractivity contribution is 0.0952.